The number of hydrogen-bond donors (Lipinski definition) is 0. The monoisotopic (exact) mass is 194 g/mol. The third-order valence-electron chi connectivity index (χ3n) is 1.09. The first-order valence-electron chi connectivity index (χ1n) is 3.12. The molecule has 0 aromatic carbocycles. The lowest BCUT2D eigenvalue weighted by Crippen LogP contribution is -1.99. The van der Waals surface area contributed by atoms with Crippen molar-refractivity contribution in [2.75, 3.05) is 5.33 Å². The zero-order valence-electron chi connectivity index (χ0n) is 5.45. The van der Waals surface area contributed by atoms with Gasteiger partial charge in [-0.3, -0.25) is 0 Å². The summed E-state index contributed by atoms with van der Waals surface area (Å²) < 4.78 is 12.4. The van der Waals surface area contributed by atoms with Crippen molar-refractivity contribution < 1.29 is 4.39 Å². The van der Waals surface area contributed by atoms with Crippen LogP contribution in [0.2, 0.25) is 0 Å². The maximum Gasteiger partial charge on any atom is 0.110 e. The fraction of sp³-hybridized carbons (Fsp3) is 0.714. The number of alkyl halides is 2. The average molecular weight is 195 g/mol. The Kier molecular flexibility index (Phi) is 6.38. The molecule has 0 aliphatic heterocycles. The zero-order valence-corrected chi connectivity index (χ0v) is 7.03. The van der Waals surface area contributed by atoms with E-state index < -0.39 is 6.17 Å². The van der Waals surface area contributed by atoms with Crippen LogP contribution in [0.1, 0.15) is 19.3 Å². The molecule has 0 aromatic heterocycles. The fourth-order valence-corrected chi connectivity index (χ4v) is 0.885. The van der Waals surface area contributed by atoms with Crippen molar-refractivity contribution in [3.05, 3.63) is 12.7 Å². The highest BCUT2D eigenvalue weighted by Crippen LogP contribution is 2.06. The molecule has 0 aliphatic rings. The molecule has 0 aromatic rings. The van der Waals surface area contributed by atoms with Crippen LogP contribution >= 0.6 is 15.9 Å². The normalized spacial score (nSPS) is 13.1. The van der Waals surface area contributed by atoms with Crippen molar-refractivity contribution in [1.82, 2.24) is 0 Å². The Morgan fingerprint density at radius 1 is 1.67 bits per heavy atom. The van der Waals surface area contributed by atoms with Crippen molar-refractivity contribution in [3.63, 3.8) is 0 Å². The Labute approximate surface area is 64.3 Å². The molecule has 0 aliphatic carbocycles. The zero-order chi connectivity index (χ0) is 7.11. The Hall–Kier alpha value is 0.150. The Balaban J connectivity index is 2.96. The van der Waals surface area contributed by atoms with Crippen LogP contribution in [0.5, 0.6) is 0 Å². The molecule has 0 N–H and O–H groups in total. The van der Waals surface area contributed by atoms with Gasteiger partial charge in [-0.25, -0.2) is 4.39 Å². The van der Waals surface area contributed by atoms with Gasteiger partial charge in [-0.05, 0) is 19.3 Å². The molecule has 0 heterocycles. The summed E-state index contributed by atoms with van der Waals surface area (Å²) in [4.78, 5) is 0. The van der Waals surface area contributed by atoms with E-state index in [0.717, 1.165) is 12.8 Å². The molecule has 0 fully saturated rings. The molecule has 54 valence electrons. The number of halogens is 2. The molecule has 1 atom stereocenters. The fourth-order valence-electron chi connectivity index (χ4n) is 0.561. The van der Waals surface area contributed by atoms with E-state index in [0.29, 0.717) is 11.8 Å². The van der Waals surface area contributed by atoms with Gasteiger partial charge in [-0.1, -0.05) is 22.0 Å². The van der Waals surface area contributed by atoms with Crippen molar-refractivity contribution >= 4 is 15.9 Å². The van der Waals surface area contributed by atoms with Gasteiger partial charge in [0.1, 0.15) is 6.17 Å². The summed E-state index contributed by atoms with van der Waals surface area (Å²) in [6.07, 6.45) is 3.63. The largest absolute Gasteiger partial charge is 0.247 e. The van der Waals surface area contributed by atoms with E-state index in [2.05, 4.69) is 22.5 Å². The molecule has 2 heteroatoms. The summed E-state index contributed by atoms with van der Waals surface area (Å²) in [6, 6.07) is 0. The van der Waals surface area contributed by atoms with Gasteiger partial charge < -0.3 is 0 Å². The number of hydrogen-bond acceptors (Lipinski definition) is 0. The first kappa shape index (κ1) is 9.15. The third-order valence-corrected chi connectivity index (χ3v) is 1.80. The summed E-state index contributed by atoms with van der Waals surface area (Å²) >= 11 is 3.07. The van der Waals surface area contributed by atoms with Gasteiger partial charge in [0.15, 0.2) is 0 Å². The smallest absolute Gasteiger partial charge is 0.110 e. The maximum atomic E-state index is 12.4. The summed E-state index contributed by atoms with van der Waals surface area (Å²) in [5.41, 5.74) is 0. The lowest BCUT2D eigenvalue weighted by Gasteiger charge is -2.00. The Bertz CT molecular complexity index is 73.3. The quantitative estimate of drug-likeness (QED) is 0.359. The molecule has 0 spiro atoms. The summed E-state index contributed by atoms with van der Waals surface area (Å²) in [5, 5.41) is 0.462. The summed E-state index contributed by atoms with van der Waals surface area (Å²) in [5.74, 6) is 0. The summed E-state index contributed by atoms with van der Waals surface area (Å²) in [7, 11) is 0. The second kappa shape index (κ2) is 6.27. The van der Waals surface area contributed by atoms with Crippen LogP contribution in [0.15, 0.2) is 12.7 Å². The molecule has 0 rings (SSSR count). The number of unbranched alkanes of at least 4 members (excludes halogenated alkanes) is 1. The molecule has 9 heavy (non-hydrogen) atoms. The van der Waals surface area contributed by atoms with Gasteiger partial charge in [0.25, 0.3) is 0 Å². The molecular formula is C7H12BrF. The van der Waals surface area contributed by atoms with Crippen molar-refractivity contribution in [1.29, 1.82) is 0 Å². The molecular weight excluding hydrogens is 183 g/mol. The summed E-state index contributed by atoms with van der Waals surface area (Å²) in [6.45, 7) is 3.55. The molecule has 0 nitrogen and oxygen atoms in total. The Morgan fingerprint density at radius 2 is 2.33 bits per heavy atom. The molecule has 0 unspecified atom stereocenters. The molecule has 0 saturated heterocycles. The predicted molar refractivity (Wildman–Crippen MR) is 42.7 cm³/mol. The van der Waals surface area contributed by atoms with E-state index >= 15 is 0 Å². The standard InChI is InChI=1S/C7H12BrF/c1-2-3-4-5-7(9)6-8/h2,7H,1,3-6H2/t7-/m1/s1. The topological polar surface area (TPSA) is 0 Å². The minimum absolute atomic E-state index is 0.462. The second-order valence-electron chi connectivity index (χ2n) is 1.97. The maximum absolute atomic E-state index is 12.4. The lowest BCUT2D eigenvalue weighted by molar-refractivity contribution is 0.343. The van der Waals surface area contributed by atoms with E-state index in [1.165, 1.54) is 0 Å². The van der Waals surface area contributed by atoms with Gasteiger partial charge in [0.05, 0.1) is 0 Å². The van der Waals surface area contributed by atoms with E-state index in [1.54, 1.807) is 0 Å². The van der Waals surface area contributed by atoms with Crippen molar-refractivity contribution in [2.24, 2.45) is 0 Å². The van der Waals surface area contributed by atoms with Crippen LogP contribution < -0.4 is 0 Å². The second-order valence-corrected chi connectivity index (χ2v) is 2.62. The minimum atomic E-state index is -0.676. The van der Waals surface area contributed by atoms with Gasteiger partial charge in [0.2, 0.25) is 0 Å². The van der Waals surface area contributed by atoms with Crippen molar-refractivity contribution in [3.8, 4) is 0 Å². The van der Waals surface area contributed by atoms with Crippen LogP contribution in [0.4, 0.5) is 4.39 Å². The van der Waals surface area contributed by atoms with Gasteiger partial charge in [-0.15, -0.1) is 6.58 Å². The van der Waals surface area contributed by atoms with Crippen LogP contribution in [0, 0.1) is 0 Å². The lowest BCUT2D eigenvalue weighted by atomic mass is 10.2. The first-order chi connectivity index (χ1) is 4.31. The van der Waals surface area contributed by atoms with E-state index in [9.17, 15) is 4.39 Å². The minimum Gasteiger partial charge on any atom is -0.247 e. The van der Waals surface area contributed by atoms with E-state index in [4.69, 9.17) is 0 Å². The van der Waals surface area contributed by atoms with Crippen LogP contribution in [-0.2, 0) is 0 Å². The van der Waals surface area contributed by atoms with Crippen molar-refractivity contribution in [2.45, 2.75) is 25.4 Å². The number of allylic oxidation sites excluding steroid dienone is 1. The third kappa shape index (κ3) is 6.03. The van der Waals surface area contributed by atoms with Crippen LogP contribution in [0.3, 0.4) is 0 Å². The molecule has 0 saturated carbocycles. The number of rotatable bonds is 5. The molecule has 0 radical (unpaired) electrons. The SMILES string of the molecule is C=CCCC[C@@H](F)CBr. The highest BCUT2D eigenvalue weighted by Gasteiger charge is 2.00. The van der Waals surface area contributed by atoms with Gasteiger partial charge in [0, 0.05) is 5.33 Å². The Morgan fingerprint density at radius 3 is 2.78 bits per heavy atom. The van der Waals surface area contributed by atoms with Gasteiger partial charge >= 0.3 is 0 Å². The predicted octanol–water partition coefficient (Wildman–Crippen LogP) is 3.08. The van der Waals surface area contributed by atoms with Gasteiger partial charge in [-0.2, -0.15) is 0 Å². The first-order valence-corrected chi connectivity index (χ1v) is 4.24. The highest BCUT2D eigenvalue weighted by atomic mass is 79.9. The van der Waals surface area contributed by atoms with E-state index in [-0.39, 0.29) is 0 Å². The molecule has 0 bridgehead atoms. The van der Waals surface area contributed by atoms with Crippen LogP contribution in [0.25, 0.3) is 0 Å². The molecule has 0 amide bonds. The average Bonchev–Trinajstić information content (AvgIpc) is 1.89. The van der Waals surface area contributed by atoms with E-state index in [1.807, 2.05) is 6.08 Å². The van der Waals surface area contributed by atoms with Crippen LogP contribution in [-0.4, -0.2) is 11.5 Å². The highest BCUT2D eigenvalue weighted by molar-refractivity contribution is 9.09.